The van der Waals surface area contributed by atoms with Gasteiger partial charge in [-0.2, -0.15) is 0 Å². The van der Waals surface area contributed by atoms with E-state index in [-0.39, 0.29) is 28.0 Å². The van der Waals surface area contributed by atoms with Crippen LogP contribution < -0.4 is 14.4 Å². The lowest BCUT2D eigenvalue weighted by molar-refractivity contribution is 0.198. The SMILES string of the molecule is COc1ccccc1S(=O)(=O)Nc1noc2c1CC1(CC1)c1ccc(N3CC[C@H](O)C3)cc1-2. The van der Waals surface area contributed by atoms with Gasteiger partial charge in [0.2, 0.25) is 0 Å². The summed E-state index contributed by atoms with van der Waals surface area (Å²) in [6, 6.07) is 12.9. The third-order valence-electron chi connectivity index (χ3n) is 7.09. The number of ether oxygens (including phenoxy) is 1. The Morgan fingerprint density at radius 1 is 1.24 bits per heavy atom. The van der Waals surface area contributed by atoms with Crippen molar-refractivity contribution in [1.82, 2.24) is 5.16 Å². The van der Waals surface area contributed by atoms with E-state index in [1.54, 1.807) is 18.2 Å². The number of anilines is 2. The number of para-hydroxylation sites is 1. The minimum absolute atomic E-state index is 0.00156. The van der Waals surface area contributed by atoms with E-state index in [1.165, 1.54) is 18.7 Å². The van der Waals surface area contributed by atoms with Gasteiger partial charge in [-0.05, 0) is 55.5 Å². The molecule has 3 aliphatic rings. The fourth-order valence-corrected chi connectivity index (χ4v) is 6.37. The summed E-state index contributed by atoms with van der Waals surface area (Å²) in [5, 5.41) is 14.1. The highest BCUT2D eigenvalue weighted by Crippen LogP contribution is 2.58. The normalized spacial score (nSPS) is 20.4. The van der Waals surface area contributed by atoms with Gasteiger partial charge in [0.25, 0.3) is 10.0 Å². The summed E-state index contributed by atoms with van der Waals surface area (Å²) < 4.78 is 39.9. The Hall–Kier alpha value is -3.04. The molecular weight excluding hydrogens is 442 g/mol. The monoisotopic (exact) mass is 467 g/mol. The molecule has 0 bridgehead atoms. The summed E-state index contributed by atoms with van der Waals surface area (Å²) in [5.74, 6) is 1.11. The second-order valence-electron chi connectivity index (χ2n) is 9.17. The van der Waals surface area contributed by atoms with Crippen molar-refractivity contribution in [2.24, 2.45) is 0 Å². The minimum Gasteiger partial charge on any atom is -0.495 e. The van der Waals surface area contributed by atoms with Crippen LogP contribution in [0.1, 0.15) is 30.4 Å². The maximum absolute atomic E-state index is 13.1. The lowest BCUT2D eigenvalue weighted by Crippen LogP contribution is -2.23. The fraction of sp³-hybridized carbons (Fsp3) is 0.375. The van der Waals surface area contributed by atoms with Crippen molar-refractivity contribution in [2.45, 2.75) is 42.1 Å². The lowest BCUT2D eigenvalue weighted by atomic mass is 9.79. The van der Waals surface area contributed by atoms with Gasteiger partial charge in [-0.25, -0.2) is 8.42 Å². The molecule has 2 aromatic carbocycles. The first kappa shape index (κ1) is 20.6. The molecule has 9 heteroatoms. The molecule has 8 nitrogen and oxygen atoms in total. The second-order valence-corrected chi connectivity index (χ2v) is 10.8. The minimum atomic E-state index is -3.91. The molecule has 3 aromatic rings. The van der Waals surface area contributed by atoms with Crippen molar-refractivity contribution in [2.75, 3.05) is 29.8 Å². The van der Waals surface area contributed by atoms with Crippen LogP contribution in [-0.4, -0.2) is 45.0 Å². The first-order valence-electron chi connectivity index (χ1n) is 11.1. The number of nitrogens with one attached hydrogen (secondary N) is 1. The van der Waals surface area contributed by atoms with Gasteiger partial charge >= 0.3 is 0 Å². The van der Waals surface area contributed by atoms with Crippen LogP contribution in [-0.2, 0) is 21.9 Å². The number of hydrogen-bond acceptors (Lipinski definition) is 7. The molecule has 2 aliphatic carbocycles. The molecule has 33 heavy (non-hydrogen) atoms. The molecule has 1 spiro atoms. The highest BCUT2D eigenvalue weighted by Gasteiger charge is 2.50. The molecule has 0 radical (unpaired) electrons. The zero-order chi connectivity index (χ0) is 22.8. The van der Waals surface area contributed by atoms with E-state index in [2.05, 4.69) is 33.0 Å². The molecule has 172 valence electrons. The molecule has 1 saturated heterocycles. The van der Waals surface area contributed by atoms with Crippen molar-refractivity contribution in [3.63, 3.8) is 0 Å². The van der Waals surface area contributed by atoms with Crippen LogP contribution in [0.15, 0.2) is 51.9 Å². The summed E-state index contributed by atoms with van der Waals surface area (Å²) in [6.45, 7) is 1.41. The van der Waals surface area contributed by atoms with E-state index < -0.39 is 10.0 Å². The fourth-order valence-electron chi connectivity index (χ4n) is 5.17. The molecule has 1 aromatic heterocycles. The molecule has 2 heterocycles. The van der Waals surface area contributed by atoms with Crippen LogP contribution in [0.5, 0.6) is 5.75 Å². The smallest absolute Gasteiger partial charge is 0.266 e. The first-order valence-corrected chi connectivity index (χ1v) is 12.6. The molecule has 1 atom stereocenters. The van der Waals surface area contributed by atoms with Crippen molar-refractivity contribution in [1.29, 1.82) is 0 Å². The number of fused-ring (bicyclic) bond motifs is 4. The van der Waals surface area contributed by atoms with Gasteiger partial charge in [-0.3, -0.25) is 4.72 Å². The number of methoxy groups -OCH3 is 1. The Balaban J connectivity index is 1.40. The zero-order valence-corrected chi connectivity index (χ0v) is 19.1. The summed E-state index contributed by atoms with van der Waals surface area (Å²) in [4.78, 5) is 2.22. The van der Waals surface area contributed by atoms with E-state index in [1.807, 2.05) is 0 Å². The molecular formula is C24H25N3O5S. The number of aliphatic hydroxyl groups is 1. The summed E-state index contributed by atoms with van der Waals surface area (Å²) in [7, 11) is -2.47. The number of aliphatic hydroxyl groups excluding tert-OH is 1. The molecule has 6 rings (SSSR count). The highest BCUT2D eigenvalue weighted by molar-refractivity contribution is 7.92. The van der Waals surface area contributed by atoms with Gasteiger partial charge in [0.1, 0.15) is 10.6 Å². The summed E-state index contributed by atoms with van der Waals surface area (Å²) in [5.41, 5.74) is 4.01. The standard InChI is InChI=1S/C24H25N3O5S/c1-31-20-4-2-3-5-21(20)33(29,30)26-23-18-13-24(9-10-24)19-7-6-15(27-11-8-16(28)14-27)12-17(19)22(18)32-25-23/h2-7,12,16,28H,8-11,13-14H2,1H3,(H,25,26)/t16-/m0/s1. The Kier molecular flexibility index (Phi) is 4.50. The van der Waals surface area contributed by atoms with E-state index >= 15 is 0 Å². The summed E-state index contributed by atoms with van der Waals surface area (Å²) >= 11 is 0. The maximum atomic E-state index is 13.1. The number of hydrogen-bond donors (Lipinski definition) is 2. The average Bonchev–Trinajstić information content (AvgIpc) is 3.27. The number of nitrogens with zero attached hydrogens (tertiary/aromatic N) is 2. The van der Waals surface area contributed by atoms with Crippen molar-refractivity contribution in [3.05, 3.63) is 53.6 Å². The number of β-amino-alcohol motifs (C(OH)–C–C–N with tert-alkyl or cyclic N) is 1. The number of sulfonamides is 1. The third kappa shape index (κ3) is 3.29. The van der Waals surface area contributed by atoms with E-state index in [0.717, 1.165) is 42.6 Å². The number of rotatable bonds is 5. The van der Waals surface area contributed by atoms with Gasteiger partial charge in [0.15, 0.2) is 11.6 Å². The first-order chi connectivity index (χ1) is 15.9. The molecule has 2 N–H and O–H groups in total. The van der Waals surface area contributed by atoms with Gasteiger partial charge in [-0.15, -0.1) is 0 Å². The van der Waals surface area contributed by atoms with Gasteiger partial charge in [-0.1, -0.05) is 23.4 Å². The zero-order valence-electron chi connectivity index (χ0n) is 18.2. The Labute approximate surface area is 192 Å². The lowest BCUT2D eigenvalue weighted by Gasteiger charge is -2.27. The predicted octanol–water partition coefficient (Wildman–Crippen LogP) is 3.31. The maximum Gasteiger partial charge on any atom is 0.266 e. The van der Waals surface area contributed by atoms with Crippen LogP contribution in [0.25, 0.3) is 11.3 Å². The second kappa shape index (κ2) is 7.23. The van der Waals surface area contributed by atoms with Crippen molar-refractivity contribution < 1.29 is 22.8 Å². The van der Waals surface area contributed by atoms with Crippen LogP contribution in [0, 0.1) is 0 Å². The highest BCUT2D eigenvalue weighted by atomic mass is 32.2. The van der Waals surface area contributed by atoms with Crippen LogP contribution in [0.4, 0.5) is 11.5 Å². The largest absolute Gasteiger partial charge is 0.495 e. The number of benzene rings is 2. The molecule has 0 amide bonds. The predicted molar refractivity (Wildman–Crippen MR) is 123 cm³/mol. The summed E-state index contributed by atoms with van der Waals surface area (Å²) in [6.07, 6.45) is 3.22. The molecule has 1 aliphatic heterocycles. The quantitative estimate of drug-likeness (QED) is 0.593. The van der Waals surface area contributed by atoms with Crippen LogP contribution in [0.3, 0.4) is 0 Å². The van der Waals surface area contributed by atoms with Gasteiger partial charge < -0.3 is 19.3 Å². The Bertz CT molecular complexity index is 1350. The van der Waals surface area contributed by atoms with Crippen molar-refractivity contribution in [3.8, 4) is 17.1 Å². The molecule has 1 saturated carbocycles. The van der Waals surface area contributed by atoms with Crippen LogP contribution >= 0.6 is 0 Å². The van der Waals surface area contributed by atoms with Gasteiger partial charge in [0.05, 0.1) is 13.2 Å². The topological polar surface area (TPSA) is 105 Å². The number of aromatic nitrogens is 1. The van der Waals surface area contributed by atoms with E-state index in [9.17, 15) is 13.5 Å². The Morgan fingerprint density at radius 3 is 2.79 bits per heavy atom. The van der Waals surface area contributed by atoms with E-state index in [4.69, 9.17) is 9.26 Å². The Morgan fingerprint density at radius 2 is 2.06 bits per heavy atom. The average molecular weight is 468 g/mol. The van der Waals surface area contributed by atoms with Crippen molar-refractivity contribution >= 4 is 21.5 Å². The van der Waals surface area contributed by atoms with E-state index in [0.29, 0.717) is 18.7 Å². The van der Waals surface area contributed by atoms with Gasteiger partial charge in [0, 0.05) is 35.3 Å². The molecule has 0 unspecified atom stereocenters. The third-order valence-corrected chi connectivity index (χ3v) is 8.47. The van der Waals surface area contributed by atoms with Crippen LogP contribution in [0.2, 0.25) is 0 Å². The molecule has 2 fully saturated rings.